The van der Waals surface area contributed by atoms with E-state index in [2.05, 4.69) is 18.2 Å². The van der Waals surface area contributed by atoms with Gasteiger partial charge in [0, 0.05) is 26.6 Å². The van der Waals surface area contributed by atoms with Crippen molar-refractivity contribution in [3.63, 3.8) is 0 Å². The number of aromatic nitrogens is 2. The number of nitrogens with two attached hydrogens (primary N) is 1. The minimum atomic E-state index is -1.47. The van der Waals surface area contributed by atoms with Gasteiger partial charge in [-0.2, -0.15) is 0 Å². The monoisotopic (exact) mass is 462 g/mol. The van der Waals surface area contributed by atoms with Crippen molar-refractivity contribution in [2.45, 2.75) is 44.6 Å². The smallest absolute Gasteiger partial charge is 0.243 e. The van der Waals surface area contributed by atoms with E-state index in [0.717, 1.165) is 30.1 Å². The van der Waals surface area contributed by atoms with Gasteiger partial charge in [0.25, 0.3) is 0 Å². The molecule has 1 saturated heterocycles. The molecular weight excluding hydrogens is 432 g/mol. The maximum atomic E-state index is 14.1. The van der Waals surface area contributed by atoms with Gasteiger partial charge in [0.15, 0.2) is 5.41 Å². The fraction of sp³-hybridized carbons (Fsp3) is 0.500. The second kappa shape index (κ2) is 7.43. The number of fused-ring (bicyclic) bond motifs is 4. The predicted molar refractivity (Wildman–Crippen MR) is 124 cm³/mol. The van der Waals surface area contributed by atoms with Gasteiger partial charge in [0.2, 0.25) is 11.8 Å². The summed E-state index contributed by atoms with van der Waals surface area (Å²) in [4.78, 5) is 33.9. The molecule has 1 aromatic carbocycles. The molecule has 3 heterocycles. The molecule has 0 saturated carbocycles. The van der Waals surface area contributed by atoms with Crippen LogP contribution in [0, 0.1) is 12.3 Å². The quantitative estimate of drug-likeness (QED) is 0.688. The highest BCUT2D eigenvalue weighted by Gasteiger charge is 2.58. The van der Waals surface area contributed by atoms with Crippen LogP contribution in [-0.4, -0.2) is 52.6 Å². The van der Waals surface area contributed by atoms with E-state index in [-0.39, 0.29) is 12.3 Å². The van der Waals surface area contributed by atoms with Crippen LogP contribution in [0.4, 0.5) is 0 Å². The molecule has 1 spiro atoms. The molecule has 178 valence electrons. The van der Waals surface area contributed by atoms with Crippen molar-refractivity contribution in [2.75, 3.05) is 26.3 Å². The van der Waals surface area contributed by atoms with Crippen LogP contribution < -0.4 is 5.73 Å². The number of imidazole rings is 1. The van der Waals surface area contributed by atoms with Gasteiger partial charge in [-0.15, -0.1) is 0 Å². The molecular formula is C26H30N4O4. The van der Waals surface area contributed by atoms with Crippen LogP contribution >= 0.6 is 0 Å². The molecule has 8 nitrogen and oxygen atoms in total. The lowest BCUT2D eigenvalue weighted by atomic mass is 9.66. The number of aryl methyl sites for hydroxylation is 2. The largest absolute Gasteiger partial charge is 0.480 e. The van der Waals surface area contributed by atoms with Crippen LogP contribution in [0.5, 0.6) is 0 Å². The second-order valence-electron chi connectivity index (χ2n) is 9.93. The highest BCUT2D eigenvalue weighted by molar-refractivity contribution is 6.10. The molecule has 2 N–H and O–H groups in total. The molecule has 8 heteroatoms. The Bertz CT molecular complexity index is 1240. The minimum absolute atomic E-state index is 0.205. The third-order valence-corrected chi connectivity index (χ3v) is 8.34. The lowest BCUT2D eigenvalue weighted by Gasteiger charge is -2.46. The number of benzene rings is 1. The van der Waals surface area contributed by atoms with Crippen LogP contribution in [-0.2, 0) is 44.6 Å². The lowest BCUT2D eigenvalue weighted by molar-refractivity contribution is -0.151. The lowest BCUT2D eigenvalue weighted by Crippen LogP contribution is -2.58. The Labute approximate surface area is 198 Å². The average molecular weight is 463 g/mol. The molecule has 2 atom stereocenters. The third kappa shape index (κ3) is 2.78. The number of primary amides is 1. The van der Waals surface area contributed by atoms with Gasteiger partial charge >= 0.3 is 0 Å². The third-order valence-electron chi connectivity index (χ3n) is 8.34. The maximum Gasteiger partial charge on any atom is 0.243 e. The average Bonchev–Trinajstić information content (AvgIpc) is 3.35. The topological polar surface area (TPSA) is 99.7 Å². The summed E-state index contributed by atoms with van der Waals surface area (Å²) in [5, 5.41) is 0. The van der Waals surface area contributed by atoms with Crippen LogP contribution in [0.15, 0.2) is 29.8 Å². The van der Waals surface area contributed by atoms with E-state index in [0.29, 0.717) is 50.5 Å². The van der Waals surface area contributed by atoms with Gasteiger partial charge < -0.3 is 24.7 Å². The Balaban J connectivity index is 1.53. The number of carbonyl (C=O) groups is 2. The Morgan fingerprint density at radius 2 is 1.85 bits per heavy atom. The Morgan fingerprint density at radius 3 is 2.62 bits per heavy atom. The summed E-state index contributed by atoms with van der Waals surface area (Å²) < 4.78 is 14.3. The molecule has 1 aromatic heterocycles. The molecule has 0 radical (unpaired) electrons. The maximum absolute atomic E-state index is 14.1. The van der Waals surface area contributed by atoms with E-state index in [9.17, 15) is 9.59 Å². The molecule has 6 rings (SSSR count). The van der Waals surface area contributed by atoms with Gasteiger partial charge in [0.05, 0.1) is 18.9 Å². The van der Waals surface area contributed by atoms with E-state index in [1.807, 2.05) is 24.6 Å². The Hall–Kier alpha value is -3.13. The minimum Gasteiger partial charge on any atom is -0.480 e. The Morgan fingerprint density at radius 1 is 1.12 bits per heavy atom. The van der Waals surface area contributed by atoms with Gasteiger partial charge in [-0.25, -0.2) is 4.98 Å². The number of rotatable bonds is 2. The molecule has 2 amide bonds. The second-order valence-corrected chi connectivity index (χ2v) is 9.93. The number of ether oxygens (including phenoxy) is 2. The first-order valence-electron chi connectivity index (χ1n) is 12.1. The normalized spacial score (nSPS) is 27.8. The van der Waals surface area contributed by atoms with Crippen LogP contribution in [0.2, 0.25) is 0 Å². The Kier molecular flexibility index (Phi) is 4.68. The summed E-state index contributed by atoms with van der Waals surface area (Å²) in [5.41, 5.74) is 8.92. The number of nitrogens with zero attached hydrogens (tertiary/aromatic N) is 3. The summed E-state index contributed by atoms with van der Waals surface area (Å²) >= 11 is 0. The van der Waals surface area contributed by atoms with Crippen molar-refractivity contribution in [1.82, 2.24) is 14.5 Å². The van der Waals surface area contributed by atoms with E-state index in [1.165, 1.54) is 11.1 Å². The standard InChI is InChI=1S/C26H30N4O4/c1-16-28-21-20(29(16)2)15-26(23(27)31,24(32)30-11-13-33-14-12-30)19-8-10-25(34-22(19)21)9-7-17-5-3-4-6-18(17)25/h3-6H,7-15H2,1-2H3,(H2,27,31). The van der Waals surface area contributed by atoms with Crippen molar-refractivity contribution in [3.8, 4) is 0 Å². The fourth-order valence-electron chi connectivity index (χ4n) is 6.35. The molecule has 0 bridgehead atoms. The number of carbonyl (C=O) groups excluding carboxylic acids is 2. The van der Waals surface area contributed by atoms with E-state index < -0.39 is 16.9 Å². The van der Waals surface area contributed by atoms with E-state index in [4.69, 9.17) is 20.2 Å². The first kappa shape index (κ1) is 21.4. The zero-order valence-corrected chi connectivity index (χ0v) is 19.7. The molecule has 2 aliphatic carbocycles. The van der Waals surface area contributed by atoms with Gasteiger partial charge in [-0.05, 0) is 49.3 Å². The van der Waals surface area contributed by atoms with Gasteiger partial charge in [-0.1, -0.05) is 24.3 Å². The predicted octanol–water partition coefficient (Wildman–Crippen LogP) is 1.98. The summed E-state index contributed by atoms with van der Waals surface area (Å²) in [6.07, 6.45) is 3.29. The SMILES string of the molecule is Cc1nc2c(n1C)CC(C(N)=O)(C(=O)N1CCOCC1)C1=C2OC2(CC1)CCc1ccccc12. The van der Waals surface area contributed by atoms with E-state index >= 15 is 0 Å². The number of amides is 2. The van der Waals surface area contributed by atoms with Crippen molar-refractivity contribution in [2.24, 2.45) is 18.2 Å². The molecule has 2 aromatic rings. The van der Waals surface area contributed by atoms with E-state index in [1.54, 1.807) is 4.90 Å². The first-order valence-corrected chi connectivity index (χ1v) is 12.1. The van der Waals surface area contributed by atoms with Crippen LogP contribution in [0.1, 0.15) is 47.6 Å². The zero-order valence-electron chi connectivity index (χ0n) is 19.7. The zero-order chi connectivity index (χ0) is 23.7. The molecule has 34 heavy (non-hydrogen) atoms. The summed E-state index contributed by atoms with van der Waals surface area (Å²) in [5.74, 6) is 0.526. The molecule has 4 aliphatic rings. The summed E-state index contributed by atoms with van der Waals surface area (Å²) in [6.45, 7) is 3.74. The molecule has 1 fully saturated rings. The van der Waals surface area contributed by atoms with Crippen LogP contribution in [0.3, 0.4) is 0 Å². The first-order chi connectivity index (χ1) is 16.4. The van der Waals surface area contributed by atoms with Crippen molar-refractivity contribution >= 4 is 17.6 Å². The number of hydrogen-bond donors (Lipinski definition) is 1. The van der Waals surface area contributed by atoms with Gasteiger partial charge in [0.1, 0.15) is 22.9 Å². The van der Waals surface area contributed by atoms with Gasteiger partial charge in [-0.3, -0.25) is 9.59 Å². The van der Waals surface area contributed by atoms with Crippen LogP contribution in [0.25, 0.3) is 5.76 Å². The fourth-order valence-corrected chi connectivity index (χ4v) is 6.35. The van der Waals surface area contributed by atoms with Crippen molar-refractivity contribution in [1.29, 1.82) is 0 Å². The van der Waals surface area contributed by atoms with Crippen molar-refractivity contribution in [3.05, 3.63) is 58.2 Å². The highest BCUT2D eigenvalue weighted by Crippen LogP contribution is 2.56. The highest BCUT2D eigenvalue weighted by atomic mass is 16.5. The number of morpholine rings is 1. The summed E-state index contributed by atoms with van der Waals surface area (Å²) in [7, 11) is 1.92. The number of hydrogen-bond acceptors (Lipinski definition) is 5. The summed E-state index contributed by atoms with van der Waals surface area (Å²) in [6, 6.07) is 8.41. The van der Waals surface area contributed by atoms with Crippen molar-refractivity contribution < 1.29 is 19.1 Å². The molecule has 2 unspecified atom stereocenters. The molecule has 2 aliphatic heterocycles.